The Bertz CT molecular complexity index is 1210. The first-order valence-electron chi connectivity index (χ1n) is 8.98. The molecule has 1 aliphatic rings. The van der Waals surface area contributed by atoms with Gasteiger partial charge >= 0.3 is 5.97 Å². The summed E-state index contributed by atoms with van der Waals surface area (Å²) in [5.74, 6) is -2.91. The zero-order valence-electron chi connectivity index (χ0n) is 15.8. The maximum absolute atomic E-state index is 12.6. The number of rotatable bonds is 5. The number of carbonyl (C=O) groups excluding carboxylic acids is 3. The molecule has 0 aliphatic carbocycles. The molecule has 0 atom stereocenters. The third kappa shape index (κ3) is 3.81. The molecule has 0 saturated heterocycles. The van der Waals surface area contributed by atoms with Crippen LogP contribution < -0.4 is 0 Å². The zero-order chi connectivity index (χ0) is 22.0. The summed E-state index contributed by atoms with van der Waals surface area (Å²) in [6.45, 7) is -0.552. The molecule has 3 aromatic rings. The molecule has 0 bridgehead atoms. The normalized spacial score (nSPS) is 13.0. The second-order valence-electron chi connectivity index (χ2n) is 6.37. The van der Waals surface area contributed by atoms with E-state index in [2.05, 4.69) is 15.2 Å². The third-order valence-electron chi connectivity index (χ3n) is 4.43. The Morgan fingerprint density at radius 1 is 0.903 bits per heavy atom. The van der Waals surface area contributed by atoms with Gasteiger partial charge in [0.1, 0.15) is 5.69 Å². The van der Waals surface area contributed by atoms with Crippen molar-refractivity contribution in [1.29, 1.82) is 0 Å². The van der Waals surface area contributed by atoms with Gasteiger partial charge in [0, 0.05) is 0 Å². The van der Waals surface area contributed by atoms with Crippen LogP contribution in [0.5, 0.6) is 11.6 Å². The number of esters is 1. The van der Waals surface area contributed by atoms with E-state index in [4.69, 9.17) is 4.74 Å². The van der Waals surface area contributed by atoms with Crippen molar-refractivity contribution >= 4 is 29.3 Å². The number of imide groups is 1. The molecule has 0 unspecified atom stereocenters. The zero-order valence-corrected chi connectivity index (χ0v) is 15.8. The van der Waals surface area contributed by atoms with E-state index in [0.29, 0.717) is 0 Å². The molecule has 4 rings (SSSR count). The Morgan fingerprint density at radius 2 is 1.55 bits per heavy atom. The summed E-state index contributed by atoms with van der Waals surface area (Å²) in [6.07, 6.45) is 0. The lowest BCUT2D eigenvalue weighted by Crippen LogP contribution is -2.33. The molecule has 154 valence electrons. The number of fused-ring (bicyclic) bond motifs is 1. The number of carbonyl (C=O) groups is 3. The van der Waals surface area contributed by atoms with Crippen LogP contribution in [0.15, 0.2) is 70.9 Å². The first kappa shape index (κ1) is 19.7. The van der Waals surface area contributed by atoms with Gasteiger partial charge in [-0.05, 0) is 36.4 Å². The van der Waals surface area contributed by atoms with Gasteiger partial charge in [0.2, 0.25) is 0 Å². The highest BCUT2D eigenvalue weighted by molar-refractivity contribution is 6.21. The number of nitrogens with zero attached hydrogens (tertiary/aromatic N) is 4. The first-order chi connectivity index (χ1) is 15.0. The number of benzene rings is 2. The van der Waals surface area contributed by atoms with Gasteiger partial charge in [-0.2, -0.15) is 4.98 Å². The monoisotopic (exact) mass is 418 g/mol. The number of azo groups is 1. The molecule has 0 spiro atoms. The highest BCUT2D eigenvalue weighted by atomic mass is 16.5. The highest BCUT2D eigenvalue weighted by Crippen LogP contribution is 2.27. The fourth-order valence-electron chi connectivity index (χ4n) is 2.88. The summed E-state index contributed by atoms with van der Waals surface area (Å²) in [6, 6.07) is 15.0. The molecule has 2 heterocycles. The van der Waals surface area contributed by atoms with Crippen LogP contribution in [0.2, 0.25) is 0 Å². The van der Waals surface area contributed by atoms with Crippen LogP contribution in [0.1, 0.15) is 31.1 Å². The smallest absolute Gasteiger partial charge is 0.342 e. The van der Waals surface area contributed by atoms with Gasteiger partial charge in [-0.15, -0.1) is 10.2 Å². The molecule has 1 aliphatic heterocycles. The molecule has 31 heavy (non-hydrogen) atoms. The van der Waals surface area contributed by atoms with E-state index in [9.17, 15) is 24.6 Å². The quantitative estimate of drug-likeness (QED) is 0.368. The van der Waals surface area contributed by atoms with Gasteiger partial charge in [-0.25, -0.2) is 9.69 Å². The maximum Gasteiger partial charge on any atom is 0.342 e. The largest absolute Gasteiger partial charge is 0.503 e. The van der Waals surface area contributed by atoms with Crippen molar-refractivity contribution in [3.8, 4) is 11.6 Å². The second-order valence-corrected chi connectivity index (χ2v) is 6.37. The number of pyridine rings is 1. The average molecular weight is 418 g/mol. The number of aromatic nitrogens is 1. The molecule has 10 heteroatoms. The summed E-state index contributed by atoms with van der Waals surface area (Å²) in [4.78, 5) is 41.8. The number of hydrogen-bond donors (Lipinski definition) is 2. The van der Waals surface area contributed by atoms with Crippen molar-refractivity contribution in [2.45, 2.75) is 0 Å². The van der Waals surface area contributed by atoms with Crippen molar-refractivity contribution in [3.05, 3.63) is 77.4 Å². The van der Waals surface area contributed by atoms with E-state index in [1.165, 1.54) is 36.4 Å². The van der Waals surface area contributed by atoms with E-state index in [-0.39, 0.29) is 28.2 Å². The van der Waals surface area contributed by atoms with E-state index < -0.39 is 36.1 Å². The van der Waals surface area contributed by atoms with Crippen molar-refractivity contribution in [2.24, 2.45) is 10.2 Å². The second kappa shape index (κ2) is 8.03. The molecule has 0 saturated carbocycles. The van der Waals surface area contributed by atoms with Gasteiger partial charge < -0.3 is 14.9 Å². The van der Waals surface area contributed by atoms with E-state index >= 15 is 0 Å². The predicted molar refractivity (Wildman–Crippen MR) is 105 cm³/mol. The lowest BCUT2D eigenvalue weighted by Gasteiger charge is -2.14. The van der Waals surface area contributed by atoms with Gasteiger partial charge in [-0.3, -0.25) is 9.59 Å². The van der Waals surface area contributed by atoms with Crippen molar-refractivity contribution in [1.82, 2.24) is 9.88 Å². The van der Waals surface area contributed by atoms with Crippen LogP contribution in [0.25, 0.3) is 0 Å². The van der Waals surface area contributed by atoms with E-state index in [1.54, 1.807) is 24.3 Å². The van der Waals surface area contributed by atoms with Crippen LogP contribution in [-0.4, -0.2) is 44.6 Å². The number of aromatic hydroxyl groups is 2. The van der Waals surface area contributed by atoms with Gasteiger partial charge in [0.05, 0.1) is 16.7 Å². The van der Waals surface area contributed by atoms with Crippen LogP contribution >= 0.6 is 0 Å². The topological polar surface area (TPSA) is 142 Å². The fourth-order valence-corrected chi connectivity index (χ4v) is 2.88. The average Bonchev–Trinajstić information content (AvgIpc) is 3.03. The molecule has 0 radical (unpaired) electrons. The van der Waals surface area contributed by atoms with Gasteiger partial charge in [0.25, 0.3) is 17.7 Å². The molecule has 1 aromatic heterocycles. The van der Waals surface area contributed by atoms with Crippen LogP contribution in [0.4, 0.5) is 11.5 Å². The van der Waals surface area contributed by atoms with Crippen LogP contribution in [0, 0.1) is 0 Å². The number of ether oxygens (including phenoxy) is 1. The Balaban J connectivity index is 1.49. The Hall–Kier alpha value is -4.60. The van der Waals surface area contributed by atoms with Gasteiger partial charge in [0.15, 0.2) is 18.3 Å². The fraction of sp³-hybridized carbons (Fsp3) is 0.0476. The standard InChI is InChI=1S/C21H14N4O6/c26-16-9-10-17(22-18(16)27)24-23-15-8-4-3-7-14(15)21(30)31-11-25-19(28)12-5-1-2-6-13(12)20(25)29/h1-10,26H,11H2,(H,22,27)/b24-23+. The minimum Gasteiger partial charge on any atom is -0.503 e. The minimum atomic E-state index is -0.812. The Labute approximate surface area is 175 Å². The predicted octanol–water partition coefficient (Wildman–Crippen LogP) is 3.32. The Morgan fingerprint density at radius 3 is 2.23 bits per heavy atom. The number of amides is 2. The van der Waals surface area contributed by atoms with Crippen LogP contribution in [0.3, 0.4) is 0 Å². The Kier molecular flexibility index (Phi) is 5.10. The summed E-state index contributed by atoms with van der Waals surface area (Å²) in [5, 5.41) is 26.5. The summed E-state index contributed by atoms with van der Waals surface area (Å²) in [5.41, 5.74) is 0.694. The summed E-state index contributed by atoms with van der Waals surface area (Å²) < 4.78 is 5.17. The van der Waals surface area contributed by atoms with Crippen LogP contribution in [-0.2, 0) is 4.74 Å². The molecule has 2 amide bonds. The minimum absolute atomic E-state index is 0.00416. The summed E-state index contributed by atoms with van der Waals surface area (Å²) >= 11 is 0. The summed E-state index contributed by atoms with van der Waals surface area (Å²) in [7, 11) is 0. The van der Waals surface area contributed by atoms with E-state index in [1.807, 2.05) is 0 Å². The molecule has 10 nitrogen and oxygen atoms in total. The number of hydrogen-bond acceptors (Lipinski definition) is 9. The van der Waals surface area contributed by atoms with Gasteiger partial charge in [-0.1, -0.05) is 24.3 Å². The van der Waals surface area contributed by atoms with Crippen molar-refractivity contribution < 1.29 is 29.3 Å². The first-order valence-corrected chi connectivity index (χ1v) is 8.98. The highest BCUT2D eigenvalue weighted by Gasteiger charge is 2.35. The lowest BCUT2D eigenvalue weighted by molar-refractivity contribution is 0.0229. The maximum atomic E-state index is 12.6. The molecule has 0 fully saturated rings. The van der Waals surface area contributed by atoms with Crippen molar-refractivity contribution in [2.75, 3.05) is 6.73 Å². The lowest BCUT2D eigenvalue weighted by atomic mass is 10.1. The van der Waals surface area contributed by atoms with Crippen molar-refractivity contribution in [3.63, 3.8) is 0 Å². The third-order valence-corrected chi connectivity index (χ3v) is 4.43. The molecular weight excluding hydrogens is 404 g/mol. The molecule has 2 N–H and O–H groups in total. The SMILES string of the molecule is O=C(OCN1C(=O)c2ccccc2C1=O)c1ccccc1/N=N/c1ccc(O)c(O)n1. The van der Waals surface area contributed by atoms with E-state index in [0.717, 1.165) is 4.90 Å². The molecule has 2 aromatic carbocycles. The molecular formula is C21H14N4O6.